The van der Waals surface area contributed by atoms with Crippen molar-refractivity contribution in [3.8, 4) is 5.88 Å². The fourth-order valence-electron chi connectivity index (χ4n) is 4.02. The highest BCUT2D eigenvalue weighted by atomic mass is 16.8. The Kier molecular flexibility index (Phi) is 4.29. The number of aryl methyl sites for hydroxylation is 1. The summed E-state index contributed by atoms with van der Waals surface area (Å²) in [5, 5.41) is 9.49. The summed E-state index contributed by atoms with van der Waals surface area (Å²) in [4.78, 5) is 17.4. The van der Waals surface area contributed by atoms with E-state index in [9.17, 15) is 9.90 Å². The lowest BCUT2D eigenvalue weighted by Crippen LogP contribution is -2.36. The smallest absolute Gasteiger partial charge is 0.313 e. The molecule has 0 aliphatic carbocycles. The van der Waals surface area contributed by atoms with Gasteiger partial charge in [0, 0.05) is 6.54 Å². The van der Waals surface area contributed by atoms with Crippen LogP contribution in [-0.2, 0) is 21.4 Å². The first-order chi connectivity index (χ1) is 12.7. The van der Waals surface area contributed by atoms with Gasteiger partial charge in [0.15, 0.2) is 5.79 Å². The Labute approximate surface area is 157 Å². The minimum Gasteiger partial charge on any atom is -0.471 e. The highest BCUT2D eigenvalue weighted by Crippen LogP contribution is 2.36. The van der Waals surface area contributed by atoms with E-state index in [0.717, 1.165) is 23.0 Å². The number of aromatic nitrogens is 2. The van der Waals surface area contributed by atoms with Gasteiger partial charge in [0.2, 0.25) is 0 Å². The van der Waals surface area contributed by atoms with Gasteiger partial charge in [-0.25, -0.2) is 4.98 Å². The monoisotopic (exact) mass is 374 g/mol. The molecule has 27 heavy (non-hydrogen) atoms. The molecule has 4 rings (SSSR count). The van der Waals surface area contributed by atoms with Crippen LogP contribution in [0.4, 0.5) is 0 Å². The molecular weight excluding hydrogens is 348 g/mol. The van der Waals surface area contributed by atoms with Gasteiger partial charge < -0.3 is 23.9 Å². The fraction of sp³-hybridized carbons (Fsp3) is 0.600. The van der Waals surface area contributed by atoms with E-state index in [1.807, 2.05) is 12.1 Å². The molecule has 0 radical (unpaired) electrons. The maximum absolute atomic E-state index is 12.9. The maximum atomic E-state index is 12.9. The number of benzene rings is 1. The first-order valence-electron chi connectivity index (χ1n) is 9.35. The second kappa shape index (κ2) is 6.29. The van der Waals surface area contributed by atoms with Gasteiger partial charge in [-0.05, 0) is 37.3 Å². The third kappa shape index (κ3) is 3.13. The van der Waals surface area contributed by atoms with Gasteiger partial charge in [-0.15, -0.1) is 0 Å². The van der Waals surface area contributed by atoms with Crippen molar-refractivity contribution in [1.29, 1.82) is 0 Å². The maximum Gasteiger partial charge on any atom is 0.313 e. The van der Waals surface area contributed by atoms with Crippen LogP contribution < -0.4 is 10.3 Å². The highest BCUT2D eigenvalue weighted by Gasteiger charge is 2.41. The van der Waals surface area contributed by atoms with Crippen molar-refractivity contribution < 1.29 is 19.3 Å². The van der Waals surface area contributed by atoms with Crippen molar-refractivity contribution in [2.75, 3.05) is 13.2 Å². The van der Waals surface area contributed by atoms with Crippen LogP contribution in [0, 0.1) is 0 Å². The molecule has 2 aliphatic rings. The number of para-hydroxylation sites is 1. The Balaban J connectivity index is 1.67. The van der Waals surface area contributed by atoms with Gasteiger partial charge in [-0.1, -0.05) is 26.0 Å². The summed E-state index contributed by atoms with van der Waals surface area (Å²) < 4.78 is 18.9. The summed E-state index contributed by atoms with van der Waals surface area (Å²) in [6.07, 6.45) is -0.0782. The number of hydrogen-bond acceptors (Lipinski definition) is 6. The molecule has 1 N–H and O–H groups in total. The number of rotatable bonds is 4. The number of ether oxygens (including phenoxy) is 3. The number of nitrogens with zero attached hydrogens (tertiary/aromatic N) is 2. The molecule has 0 bridgehead atoms. The van der Waals surface area contributed by atoms with E-state index in [2.05, 4.69) is 24.9 Å². The first kappa shape index (κ1) is 18.4. The van der Waals surface area contributed by atoms with E-state index in [4.69, 9.17) is 14.2 Å². The predicted molar refractivity (Wildman–Crippen MR) is 100 cm³/mol. The van der Waals surface area contributed by atoms with Crippen LogP contribution in [0.25, 0.3) is 11.0 Å². The van der Waals surface area contributed by atoms with Crippen molar-refractivity contribution in [3.05, 3.63) is 34.1 Å². The van der Waals surface area contributed by atoms with Crippen molar-refractivity contribution in [1.82, 2.24) is 9.55 Å². The van der Waals surface area contributed by atoms with Crippen molar-refractivity contribution >= 4 is 11.0 Å². The second-order valence-corrected chi connectivity index (χ2v) is 8.39. The molecule has 146 valence electrons. The van der Waals surface area contributed by atoms with Crippen LogP contribution in [0.1, 0.15) is 39.7 Å². The Morgan fingerprint density at radius 2 is 2.00 bits per heavy atom. The average Bonchev–Trinajstić information content (AvgIpc) is 2.92. The normalized spacial score (nSPS) is 25.7. The minimum absolute atomic E-state index is 0.00492. The molecule has 7 nitrogen and oxygen atoms in total. The summed E-state index contributed by atoms with van der Waals surface area (Å²) in [5.41, 5.74) is 2.55. The van der Waals surface area contributed by atoms with Crippen LogP contribution in [0.15, 0.2) is 23.0 Å². The summed E-state index contributed by atoms with van der Waals surface area (Å²) in [7, 11) is 0. The van der Waals surface area contributed by atoms with Gasteiger partial charge in [-0.2, -0.15) is 0 Å². The predicted octanol–water partition coefficient (Wildman–Crippen LogP) is 1.97. The van der Waals surface area contributed by atoms with Gasteiger partial charge in [-0.3, -0.25) is 4.79 Å². The van der Waals surface area contributed by atoms with E-state index < -0.39 is 18.0 Å². The zero-order valence-electron chi connectivity index (χ0n) is 16.2. The standard InChI is InChI=1S/C20H26N2O5/c1-19(2)8-9-22-16-12(19)6-5-7-13(16)21-17(18(22)24)25-11-15-14(10-23)26-20(3,4)27-15/h5-7,14-15,23H,8-11H2,1-4H3/t14-,15-/m0/s1. The summed E-state index contributed by atoms with van der Waals surface area (Å²) in [6.45, 7) is 8.49. The SMILES string of the molecule is CC1(C)O[C@@H](CO)[C@H](COc2nc3cccc4c3n(c2=O)CCC4(C)C)O1. The van der Waals surface area contributed by atoms with E-state index in [1.165, 1.54) is 0 Å². The second-order valence-electron chi connectivity index (χ2n) is 8.39. The van der Waals surface area contributed by atoms with Gasteiger partial charge in [0.1, 0.15) is 18.8 Å². The molecule has 7 heteroatoms. The van der Waals surface area contributed by atoms with Gasteiger partial charge in [0.25, 0.3) is 5.88 Å². The first-order valence-corrected chi connectivity index (χ1v) is 9.35. The molecule has 1 saturated heterocycles. The van der Waals surface area contributed by atoms with Crippen molar-refractivity contribution in [2.45, 2.75) is 64.1 Å². The van der Waals surface area contributed by atoms with Crippen LogP contribution >= 0.6 is 0 Å². The minimum atomic E-state index is -0.792. The summed E-state index contributed by atoms with van der Waals surface area (Å²) in [6, 6.07) is 5.93. The molecule has 0 unspecified atom stereocenters. The molecule has 2 atom stereocenters. The lowest BCUT2D eigenvalue weighted by molar-refractivity contribution is -0.151. The molecule has 0 saturated carbocycles. The van der Waals surface area contributed by atoms with E-state index in [-0.39, 0.29) is 30.1 Å². The third-order valence-corrected chi connectivity index (χ3v) is 5.47. The lowest BCUT2D eigenvalue weighted by atomic mass is 9.79. The largest absolute Gasteiger partial charge is 0.471 e. The van der Waals surface area contributed by atoms with Crippen LogP contribution in [0.5, 0.6) is 5.88 Å². The lowest BCUT2D eigenvalue weighted by Gasteiger charge is -2.32. The van der Waals surface area contributed by atoms with E-state index in [1.54, 1.807) is 18.4 Å². The van der Waals surface area contributed by atoms with Gasteiger partial charge >= 0.3 is 5.56 Å². The summed E-state index contributed by atoms with van der Waals surface area (Å²) >= 11 is 0. The van der Waals surface area contributed by atoms with Crippen LogP contribution in [0.2, 0.25) is 0 Å². The molecule has 0 amide bonds. The Morgan fingerprint density at radius 3 is 2.74 bits per heavy atom. The van der Waals surface area contributed by atoms with Crippen LogP contribution in [-0.4, -0.2) is 45.9 Å². The molecular formula is C20H26N2O5. The zero-order valence-corrected chi connectivity index (χ0v) is 16.2. The molecule has 3 heterocycles. The molecule has 1 aromatic heterocycles. The third-order valence-electron chi connectivity index (χ3n) is 5.47. The van der Waals surface area contributed by atoms with Crippen molar-refractivity contribution in [3.63, 3.8) is 0 Å². The van der Waals surface area contributed by atoms with Gasteiger partial charge in [0.05, 0.1) is 17.6 Å². The van der Waals surface area contributed by atoms with Crippen LogP contribution in [0.3, 0.4) is 0 Å². The zero-order chi connectivity index (χ0) is 19.4. The van der Waals surface area contributed by atoms with E-state index in [0.29, 0.717) is 6.54 Å². The number of aliphatic hydroxyl groups excluding tert-OH is 1. The Hall–Kier alpha value is -1.96. The highest BCUT2D eigenvalue weighted by molar-refractivity contribution is 5.80. The Bertz CT molecular complexity index is 934. The molecule has 1 fully saturated rings. The van der Waals surface area contributed by atoms with E-state index >= 15 is 0 Å². The molecule has 2 aliphatic heterocycles. The Morgan fingerprint density at radius 1 is 1.26 bits per heavy atom. The number of hydrogen-bond donors (Lipinski definition) is 1. The average molecular weight is 374 g/mol. The number of aliphatic hydroxyl groups is 1. The van der Waals surface area contributed by atoms with Crippen molar-refractivity contribution in [2.24, 2.45) is 0 Å². The molecule has 1 aromatic carbocycles. The fourth-order valence-corrected chi connectivity index (χ4v) is 4.02. The molecule has 2 aromatic rings. The molecule has 0 spiro atoms. The topological polar surface area (TPSA) is 82.8 Å². The summed E-state index contributed by atoms with van der Waals surface area (Å²) in [5.74, 6) is -0.732. The quantitative estimate of drug-likeness (QED) is 0.881.